The Morgan fingerprint density at radius 2 is 2.08 bits per heavy atom. The van der Waals surface area contributed by atoms with Gasteiger partial charge in [0.2, 0.25) is 0 Å². The predicted octanol–water partition coefficient (Wildman–Crippen LogP) is 4.93. The fraction of sp³-hybridized carbons (Fsp3) is 0.286. The summed E-state index contributed by atoms with van der Waals surface area (Å²) in [5, 5.41) is 4.24. The van der Waals surface area contributed by atoms with Crippen molar-refractivity contribution >= 4 is 11.8 Å². The number of aromatic nitrogens is 2. The van der Waals surface area contributed by atoms with Gasteiger partial charge >= 0.3 is 0 Å². The van der Waals surface area contributed by atoms with Crippen molar-refractivity contribution in [1.82, 2.24) is 9.78 Å². The first-order valence-corrected chi connectivity index (χ1v) is 9.74. The van der Waals surface area contributed by atoms with Crippen LogP contribution in [0.25, 0.3) is 5.69 Å². The molecule has 0 aliphatic carbocycles. The van der Waals surface area contributed by atoms with Crippen LogP contribution in [0.3, 0.4) is 0 Å². The first-order valence-electron chi connectivity index (χ1n) is 8.86. The number of nitrogens with zero attached hydrogens (tertiary/aromatic N) is 2. The van der Waals surface area contributed by atoms with Crippen LogP contribution in [0, 0.1) is 5.92 Å². The van der Waals surface area contributed by atoms with E-state index < -0.39 is 0 Å². The molecule has 0 saturated carbocycles. The minimum absolute atomic E-state index is 0.259. The highest BCUT2D eigenvalue weighted by Gasteiger charge is 2.22. The molecule has 0 radical (unpaired) electrons. The molecular weight excluding hydrogens is 344 g/mol. The fourth-order valence-electron chi connectivity index (χ4n) is 2.94. The van der Waals surface area contributed by atoms with Gasteiger partial charge in [-0.2, -0.15) is 5.10 Å². The molecule has 3 aromatic rings. The van der Waals surface area contributed by atoms with Gasteiger partial charge in [-0.1, -0.05) is 36.9 Å². The van der Waals surface area contributed by atoms with E-state index in [9.17, 15) is 0 Å². The lowest BCUT2D eigenvalue weighted by atomic mass is 10.2. The monoisotopic (exact) mass is 366 g/mol. The van der Waals surface area contributed by atoms with E-state index >= 15 is 0 Å². The average molecular weight is 366 g/mol. The second-order valence-electron chi connectivity index (χ2n) is 6.60. The summed E-state index contributed by atoms with van der Waals surface area (Å²) in [6.45, 7) is 3.64. The van der Waals surface area contributed by atoms with Gasteiger partial charge in [-0.3, -0.25) is 0 Å². The van der Waals surface area contributed by atoms with E-state index in [-0.39, 0.29) is 5.44 Å². The molecule has 1 aromatic heterocycles. The van der Waals surface area contributed by atoms with Crippen molar-refractivity contribution < 1.29 is 9.47 Å². The van der Waals surface area contributed by atoms with Crippen LogP contribution >= 0.6 is 11.8 Å². The van der Waals surface area contributed by atoms with Crippen molar-refractivity contribution in [3.63, 3.8) is 0 Å². The Bertz CT molecular complexity index is 833. The predicted molar refractivity (Wildman–Crippen MR) is 104 cm³/mol. The maximum absolute atomic E-state index is 5.97. The summed E-state index contributed by atoms with van der Waals surface area (Å²) < 4.78 is 13.6. The van der Waals surface area contributed by atoms with Crippen LogP contribution in [0.2, 0.25) is 0 Å². The lowest BCUT2D eigenvalue weighted by Gasteiger charge is -2.11. The van der Waals surface area contributed by atoms with Gasteiger partial charge in [-0.25, -0.2) is 4.68 Å². The zero-order valence-electron chi connectivity index (χ0n) is 14.7. The topological polar surface area (TPSA) is 36.3 Å². The van der Waals surface area contributed by atoms with Gasteiger partial charge in [0.15, 0.2) is 0 Å². The van der Waals surface area contributed by atoms with Crippen molar-refractivity contribution in [2.24, 2.45) is 5.92 Å². The van der Waals surface area contributed by atoms with Crippen LogP contribution in [0.5, 0.6) is 5.75 Å². The molecule has 134 valence electrons. The summed E-state index contributed by atoms with van der Waals surface area (Å²) in [6, 6.07) is 18.4. The molecule has 4 nitrogen and oxygen atoms in total. The molecule has 1 saturated heterocycles. The Kier molecular flexibility index (Phi) is 5.27. The van der Waals surface area contributed by atoms with Crippen LogP contribution < -0.4 is 4.74 Å². The van der Waals surface area contributed by atoms with Gasteiger partial charge in [-0.15, -0.1) is 0 Å². The molecule has 0 spiro atoms. The van der Waals surface area contributed by atoms with E-state index in [2.05, 4.69) is 48.4 Å². The van der Waals surface area contributed by atoms with Crippen LogP contribution in [0.15, 0.2) is 71.9 Å². The van der Waals surface area contributed by atoms with Crippen molar-refractivity contribution in [2.45, 2.75) is 30.3 Å². The third-order valence-electron chi connectivity index (χ3n) is 4.35. The molecule has 2 aromatic carbocycles. The van der Waals surface area contributed by atoms with E-state index in [0.29, 0.717) is 12.5 Å². The smallest absolute Gasteiger partial charge is 0.120 e. The molecule has 1 aliphatic rings. The number of rotatable bonds is 6. The number of benzene rings is 2. The minimum atomic E-state index is 0.259. The van der Waals surface area contributed by atoms with Crippen LogP contribution in [-0.2, 0) is 11.3 Å². The summed E-state index contributed by atoms with van der Waals surface area (Å²) in [4.78, 5) is 1.19. The highest BCUT2D eigenvalue weighted by molar-refractivity contribution is 7.99. The van der Waals surface area contributed by atoms with Crippen molar-refractivity contribution in [1.29, 1.82) is 0 Å². The summed E-state index contributed by atoms with van der Waals surface area (Å²) >= 11 is 1.78. The highest BCUT2D eigenvalue weighted by atomic mass is 32.2. The number of hydrogen-bond acceptors (Lipinski definition) is 4. The van der Waals surface area contributed by atoms with Gasteiger partial charge in [0.25, 0.3) is 0 Å². The Morgan fingerprint density at radius 1 is 1.19 bits per heavy atom. The maximum Gasteiger partial charge on any atom is 0.120 e. The van der Waals surface area contributed by atoms with Crippen LogP contribution in [-0.4, -0.2) is 21.8 Å². The molecular formula is C21H22N2O2S. The molecule has 2 atom stereocenters. The largest absolute Gasteiger partial charge is 0.489 e. The van der Waals surface area contributed by atoms with Gasteiger partial charge in [-0.05, 0) is 54.3 Å². The number of thioether (sulfide) groups is 1. The summed E-state index contributed by atoms with van der Waals surface area (Å²) in [6.07, 6.45) is 4.82. The number of hydrogen-bond donors (Lipinski definition) is 0. The lowest BCUT2D eigenvalue weighted by molar-refractivity contribution is 0.166. The Morgan fingerprint density at radius 3 is 2.81 bits per heavy atom. The van der Waals surface area contributed by atoms with Gasteiger partial charge in [0, 0.05) is 17.3 Å². The third kappa shape index (κ3) is 4.29. The number of ether oxygens (including phenoxy) is 2. The highest BCUT2D eigenvalue weighted by Crippen LogP contribution is 2.34. The quantitative estimate of drug-likeness (QED) is 0.620. The van der Waals surface area contributed by atoms with E-state index in [4.69, 9.17) is 9.47 Å². The van der Waals surface area contributed by atoms with Gasteiger partial charge in [0.05, 0.1) is 12.3 Å². The second-order valence-corrected chi connectivity index (χ2v) is 7.84. The zero-order valence-corrected chi connectivity index (χ0v) is 15.6. The summed E-state index contributed by atoms with van der Waals surface area (Å²) in [5.74, 6) is 1.54. The minimum Gasteiger partial charge on any atom is -0.489 e. The molecule has 26 heavy (non-hydrogen) atoms. The molecule has 4 rings (SSSR count). The molecule has 0 bridgehead atoms. The van der Waals surface area contributed by atoms with Crippen LogP contribution in [0.1, 0.15) is 18.9 Å². The molecule has 1 unspecified atom stereocenters. The van der Waals surface area contributed by atoms with Crippen molar-refractivity contribution in [2.75, 3.05) is 6.61 Å². The zero-order chi connectivity index (χ0) is 17.8. The molecule has 1 fully saturated rings. The van der Waals surface area contributed by atoms with Crippen molar-refractivity contribution in [3.05, 3.63) is 72.6 Å². The Labute approximate surface area is 158 Å². The first kappa shape index (κ1) is 17.2. The summed E-state index contributed by atoms with van der Waals surface area (Å²) in [7, 11) is 0. The normalized spacial score (nSPS) is 19.6. The van der Waals surface area contributed by atoms with Crippen LogP contribution in [0.4, 0.5) is 0 Å². The lowest BCUT2D eigenvalue weighted by Crippen LogP contribution is -1.99. The standard InChI is InChI=1S/C21H22N2O2S/c1-16-12-21(25-14-16)26-20-5-2-4-19(13-20)24-15-17-6-8-18(9-7-17)23-11-3-10-22-23/h2-11,13,16,21H,12,14-15H2,1H3/t16-,21?/m1/s1. The molecule has 0 amide bonds. The van der Waals surface area contributed by atoms with E-state index in [0.717, 1.165) is 30.0 Å². The van der Waals surface area contributed by atoms with E-state index in [1.54, 1.807) is 18.0 Å². The maximum atomic E-state index is 5.97. The first-order chi connectivity index (χ1) is 12.8. The average Bonchev–Trinajstić information content (AvgIpc) is 3.33. The fourth-order valence-corrected chi connectivity index (χ4v) is 4.16. The second kappa shape index (κ2) is 7.98. The third-order valence-corrected chi connectivity index (χ3v) is 5.46. The molecule has 5 heteroatoms. The van der Waals surface area contributed by atoms with Gasteiger partial charge in [0.1, 0.15) is 17.8 Å². The Balaban J connectivity index is 1.35. The summed E-state index contributed by atoms with van der Waals surface area (Å²) in [5.41, 5.74) is 2.44. The SMILES string of the molecule is C[C@H]1COC(Sc2cccc(OCc3ccc(-n4cccn4)cc3)c2)C1. The van der Waals surface area contributed by atoms with Crippen molar-refractivity contribution in [3.8, 4) is 11.4 Å². The molecule has 1 aliphatic heterocycles. The van der Waals surface area contributed by atoms with E-state index in [1.807, 2.05) is 29.1 Å². The van der Waals surface area contributed by atoms with Gasteiger partial charge < -0.3 is 9.47 Å². The molecule has 0 N–H and O–H groups in total. The van der Waals surface area contributed by atoms with E-state index in [1.165, 1.54) is 4.90 Å². The Hall–Kier alpha value is -2.24. The molecule has 2 heterocycles.